The molecule has 0 saturated carbocycles. The summed E-state index contributed by atoms with van der Waals surface area (Å²) in [7, 11) is 0. The Bertz CT molecular complexity index is 928. The number of nitrogens with zero attached hydrogens (tertiary/aromatic N) is 3. The number of para-hydroxylation sites is 1. The first-order valence-electron chi connectivity index (χ1n) is 6.54. The molecular formula is C16H11Cl2N3O. The van der Waals surface area contributed by atoms with Crippen molar-refractivity contribution in [3.8, 4) is 0 Å². The van der Waals surface area contributed by atoms with Gasteiger partial charge in [-0.2, -0.15) is 9.78 Å². The molecule has 0 aliphatic carbocycles. The molecule has 110 valence electrons. The first-order chi connectivity index (χ1) is 10.6. The van der Waals surface area contributed by atoms with Crippen LogP contribution < -0.4 is 5.56 Å². The first-order valence-corrected chi connectivity index (χ1v) is 7.30. The minimum atomic E-state index is -0.234. The minimum Gasteiger partial charge on any atom is -0.267 e. The Kier molecular flexibility index (Phi) is 3.96. The molecule has 0 saturated heterocycles. The highest BCUT2D eigenvalue weighted by atomic mass is 35.5. The van der Waals surface area contributed by atoms with E-state index in [1.54, 1.807) is 43.3 Å². The number of aromatic nitrogens is 2. The van der Waals surface area contributed by atoms with Crippen LogP contribution in [0.1, 0.15) is 11.4 Å². The summed E-state index contributed by atoms with van der Waals surface area (Å²) in [5.41, 5.74) is 0.972. The standard InChI is InChI=1S/C16H11Cl2N3O/c1-10-20-15-8-3-2-5-11(15)16(22)21(10)19-9-12-13(17)6-4-7-14(12)18/h2-9H,1H3/b19-9+. The molecule has 0 aliphatic heterocycles. The highest BCUT2D eigenvalue weighted by Crippen LogP contribution is 2.22. The molecule has 6 heteroatoms. The summed E-state index contributed by atoms with van der Waals surface area (Å²) >= 11 is 12.2. The lowest BCUT2D eigenvalue weighted by Crippen LogP contribution is -2.20. The summed E-state index contributed by atoms with van der Waals surface area (Å²) in [5, 5.41) is 5.64. The summed E-state index contributed by atoms with van der Waals surface area (Å²) < 4.78 is 1.24. The summed E-state index contributed by atoms with van der Waals surface area (Å²) in [6.07, 6.45) is 1.47. The predicted octanol–water partition coefficient (Wildman–Crippen LogP) is 3.89. The van der Waals surface area contributed by atoms with Crippen molar-refractivity contribution in [2.45, 2.75) is 6.92 Å². The summed E-state index contributed by atoms with van der Waals surface area (Å²) in [4.78, 5) is 16.9. The Balaban J connectivity index is 2.15. The number of benzene rings is 2. The Hall–Kier alpha value is -2.17. The van der Waals surface area contributed by atoms with E-state index in [1.807, 2.05) is 6.07 Å². The molecule has 22 heavy (non-hydrogen) atoms. The fraction of sp³-hybridized carbons (Fsp3) is 0.0625. The number of halogens is 2. The largest absolute Gasteiger partial charge is 0.282 e. The SMILES string of the molecule is Cc1nc2ccccc2c(=O)n1/N=C/c1c(Cl)cccc1Cl. The molecule has 0 N–H and O–H groups in total. The lowest BCUT2D eigenvalue weighted by atomic mass is 10.2. The summed E-state index contributed by atoms with van der Waals surface area (Å²) in [6, 6.07) is 12.3. The van der Waals surface area contributed by atoms with Gasteiger partial charge in [0.15, 0.2) is 0 Å². The van der Waals surface area contributed by atoms with Crippen LogP contribution in [0.25, 0.3) is 10.9 Å². The molecular weight excluding hydrogens is 321 g/mol. The van der Waals surface area contributed by atoms with Crippen LogP contribution in [0.15, 0.2) is 52.4 Å². The molecule has 0 atom stereocenters. The van der Waals surface area contributed by atoms with Gasteiger partial charge >= 0.3 is 0 Å². The van der Waals surface area contributed by atoms with Crippen LogP contribution in [0.2, 0.25) is 10.0 Å². The zero-order valence-corrected chi connectivity index (χ0v) is 13.1. The molecule has 0 fully saturated rings. The predicted molar refractivity (Wildman–Crippen MR) is 90.2 cm³/mol. The molecule has 1 heterocycles. The number of rotatable bonds is 2. The zero-order valence-electron chi connectivity index (χ0n) is 11.6. The second-order valence-electron chi connectivity index (χ2n) is 4.67. The molecule has 0 bridgehead atoms. The van der Waals surface area contributed by atoms with Crippen LogP contribution in [-0.2, 0) is 0 Å². The van der Waals surface area contributed by atoms with Gasteiger partial charge in [-0.05, 0) is 31.2 Å². The first kappa shape index (κ1) is 14.8. The minimum absolute atomic E-state index is 0.234. The van der Waals surface area contributed by atoms with Crippen molar-refractivity contribution in [1.82, 2.24) is 9.66 Å². The number of hydrogen-bond donors (Lipinski definition) is 0. The zero-order chi connectivity index (χ0) is 15.7. The summed E-state index contributed by atoms with van der Waals surface area (Å²) in [5.74, 6) is 0.489. The molecule has 3 aromatic rings. The van der Waals surface area contributed by atoms with Crippen molar-refractivity contribution in [1.29, 1.82) is 0 Å². The maximum atomic E-state index is 12.5. The van der Waals surface area contributed by atoms with Crippen molar-refractivity contribution in [3.63, 3.8) is 0 Å². The van der Waals surface area contributed by atoms with E-state index >= 15 is 0 Å². The second-order valence-corrected chi connectivity index (χ2v) is 5.49. The fourth-order valence-corrected chi connectivity index (χ4v) is 2.62. The van der Waals surface area contributed by atoms with E-state index in [0.717, 1.165) is 0 Å². The smallest absolute Gasteiger partial charge is 0.267 e. The highest BCUT2D eigenvalue weighted by Gasteiger charge is 2.07. The fourth-order valence-electron chi connectivity index (χ4n) is 2.12. The maximum absolute atomic E-state index is 12.5. The number of aryl methyl sites for hydroxylation is 1. The summed E-state index contributed by atoms with van der Waals surface area (Å²) in [6.45, 7) is 1.72. The Morgan fingerprint density at radius 3 is 2.50 bits per heavy atom. The quantitative estimate of drug-likeness (QED) is 0.668. The van der Waals surface area contributed by atoms with Gasteiger partial charge in [-0.3, -0.25) is 4.79 Å². The third-order valence-electron chi connectivity index (χ3n) is 3.22. The van der Waals surface area contributed by atoms with Crippen LogP contribution in [0, 0.1) is 6.92 Å². The van der Waals surface area contributed by atoms with Crippen molar-refractivity contribution >= 4 is 40.3 Å². The average molecular weight is 332 g/mol. The molecule has 3 rings (SSSR count). The molecule has 0 radical (unpaired) electrons. The molecule has 0 spiro atoms. The average Bonchev–Trinajstić information content (AvgIpc) is 2.49. The topological polar surface area (TPSA) is 47.2 Å². The van der Waals surface area contributed by atoms with Gasteiger partial charge in [0.2, 0.25) is 0 Å². The number of fused-ring (bicyclic) bond motifs is 1. The van der Waals surface area contributed by atoms with Gasteiger partial charge in [0.25, 0.3) is 5.56 Å². The van der Waals surface area contributed by atoms with Gasteiger partial charge in [-0.25, -0.2) is 4.98 Å². The van der Waals surface area contributed by atoms with Gasteiger partial charge in [0, 0.05) is 5.56 Å². The Morgan fingerprint density at radius 1 is 1.09 bits per heavy atom. The van der Waals surface area contributed by atoms with Crippen LogP contribution >= 0.6 is 23.2 Å². The molecule has 2 aromatic carbocycles. The molecule has 0 amide bonds. The van der Waals surface area contributed by atoms with Gasteiger partial charge < -0.3 is 0 Å². The van der Waals surface area contributed by atoms with Crippen LogP contribution in [0.5, 0.6) is 0 Å². The van der Waals surface area contributed by atoms with Crippen LogP contribution in [0.4, 0.5) is 0 Å². The molecule has 1 aromatic heterocycles. The van der Waals surface area contributed by atoms with E-state index in [0.29, 0.717) is 32.3 Å². The van der Waals surface area contributed by atoms with Crippen molar-refractivity contribution in [2.75, 3.05) is 0 Å². The second kappa shape index (κ2) is 5.91. The number of hydrogen-bond acceptors (Lipinski definition) is 3. The Labute approximate surface area is 136 Å². The van der Waals surface area contributed by atoms with Crippen molar-refractivity contribution in [2.24, 2.45) is 5.10 Å². The van der Waals surface area contributed by atoms with Crippen LogP contribution in [-0.4, -0.2) is 15.9 Å². The molecule has 0 aliphatic rings. The van der Waals surface area contributed by atoms with Gasteiger partial charge in [0.05, 0.1) is 27.2 Å². The highest BCUT2D eigenvalue weighted by molar-refractivity contribution is 6.38. The lowest BCUT2D eigenvalue weighted by Gasteiger charge is -2.06. The Morgan fingerprint density at radius 2 is 1.77 bits per heavy atom. The maximum Gasteiger partial charge on any atom is 0.282 e. The lowest BCUT2D eigenvalue weighted by molar-refractivity contribution is 0.771. The van der Waals surface area contributed by atoms with E-state index in [4.69, 9.17) is 23.2 Å². The normalized spacial score (nSPS) is 11.4. The molecule has 4 nitrogen and oxygen atoms in total. The van der Waals surface area contributed by atoms with Crippen LogP contribution in [0.3, 0.4) is 0 Å². The van der Waals surface area contributed by atoms with Gasteiger partial charge in [-0.1, -0.05) is 41.4 Å². The third-order valence-corrected chi connectivity index (χ3v) is 3.88. The van der Waals surface area contributed by atoms with E-state index in [1.165, 1.54) is 10.9 Å². The third kappa shape index (κ3) is 2.63. The van der Waals surface area contributed by atoms with E-state index < -0.39 is 0 Å². The van der Waals surface area contributed by atoms with Gasteiger partial charge in [0.1, 0.15) is 5.82 Å². The van der Waals surface area contributed by atoms with E-state index in [2.05, 4.69) is 10.1 Å². The van der Waals surface area contributed by atoms with E-state index in [9.17, 15) is 4.79 Å². The van der Waals surface area contributed by atoms with Crippen molar-refractivity contribution in [3.05, 3.63) is 74.3 Å². The van der Waals surface area contributed by atoms with Gasteiger partial charge in [-0.15, -0.1) is 0 Å². The monoisotopic (exact) mass is 331 g/mol. The van der Waals surface area contributed by atoms with E-state index in [-0.39, 0.29) is 5.56 Å². The van der Waals surface area contributed by atoms with Crippen molar-refractivity contribution < 1.29 is 0 Å². The molecule has 0 unspecified atom stereocenters.